The van der Waals surface area contributed by atoms with Crippen LogP contribution in [0.4, 0.5) is 0 Å². The highest BCUT2D eigenvalue weighted by Gasteiger charge is 2.33. The second-order valence-corrected chi connectivity index (χ2v) is 7.86. The number of nitrogens with one attached hydrogen (secondary N) is 1. The maximum absolute atomic E-state index is 3.64. The van der Waals surface area contributed by atoms with Crippen molar-refractivity contribution >= 4 is 0 Å². The molecule has 0 aromatic rings. The van der Waals surface area contributed by atoms with Crippen molar-refractivity contribution in [2.45, 2.75) is 51.9 Å². The highest BCUT2D eigenvalue weighted by Crippen LogP contribution is 2.32. The molecule has 0 spiro atoms. The summed E-state index contributed by atoms with van der Waals surface area (Å²) in [6, 6.07) is 0. The third-order valence-corrected chi connectivity index (χ3v) is 6.29. The zero-order chi connectivity index (χ0) is 14.5. The van der Waals surface area contributed by atoms with Crippen LogP contribution in [0.25, 0.3) is 0 Å². The average molecular weight is 293 g/mol. The van der Waals surface area contributed by atoms with Gasteiger partial charge in [-0.1, -0.05) is 6.92 Å². The molecule has 3 rings (SSSR count). The van der Waals surface area contributed by atoms with Crippen LogP contribution in [0.15, 0.2) is 0 Å². The van der Waals surface area contributed by atoms with Crippen LogP contribution < -0.4 is 5.32 Å². The fourth-order valence-electron chi connectivity index (χ4n) is 4.71. The number of rotatable bonds is 5. The SMILES string of the molecule is CCC1(CN2CCC(CN3CCCC3)CC2)CCCNC1. The summed E-state index contributed by atoms with van der Waals surface area (Å²) in [5.41, 5.74) is 0.569. The van der Waals surface area contributed by atoms with Gasteiger partial charge in [0, 0.05) is 19.6 Å². The number of hydrogen-bond donors (Lipinski definition) is 1. The Balaban J connectivity index is 1.42. The first-order valence-corrected chi connectivity index (χ1v) is 9.45. The van der Waals surface area contributed by atoms with Crippen LogP contribution >= 0.6 is 0 Å². The molecule has 0 aliphatic carbocycles. The third kappa shape index (κ3) is 4.20. The standard InChI is InChI=1S/C18H35N3/c1-2-18(8-5-9-19-15-18)16-21-12-6-17(7-13-21)14-20-10-3-4-11-20/h17,19H,2-16H2,1H3. The van der Waals surface area contributed by atoms with E-state index in [9.17, 15) is 0 Å². The van der Waals surface area contributed by atoms with Crippen LogP contribution in [0.1, 0.15) is 51.9 Å². The summed E-state index contributed by atoms with van der Waals surface area (Å²) >= 11 is 0. The topological polar surface area (TPSA) is 18.5 Å². The summed E-state index contributed by atoms with van der Waals surface area (Å²) in [6.07, 6.45) is 9.89. The van der Waals surface area contributed by atoms with Crippen LogP contribution in [0.3, 0.4) is 0 Å². The molecule has 0 saturated carbocycles. The van der Waals surface area contributed by atoms with Gasteiger partial charge in [0.1, 0.15) is 0 Å². The summed E-state index contributed by atoms with van der Waals surface area (Å²) < 4.78 is 0. The van der Waals surface area contributed by atoms with Crippen LogP contribution in [-0.4, -0.2) is 62.2 Å². The van der Waals surface area contributed by atoms with Gasteiger partial charge in [0.25, 0.3) is 0 Å². The van der Waals surface area contributed by atoms with Gasteiger partial charge < -0.3 is 15.1 Å². The Kier molecular flexibility index (Phi) is 5.58. The van der Waals surface area contributed by atoms with Gasteiger partial charge in [0.15, 0.2) is 0 Å². The lowest BCUT2D eigenvalue weighted by atomic mass is 9.77. The van der Waals surface area contributed by atoms with Crippen LogP contribution in [-0.2, 0) is 0 Å². The maximum Gasteiger partial charge on any atom is 0.00500 e. The van der Waals surface area contributed by atoms with Gasteiger partial charge in [-0.2, -0.15) is 0 Å². The first-order chi connectivity index (χ1) is 10.3. The van der Waals surface area contributed by atoms with Gasteiger partial charge in [0.2, 0.25) is 0 Å². The summed E-state index contributed by atoms with van der Waals surface area (Å²) in [5.74, 6) is 0.974. The predicted octanol–water partition coefficient (Wildman–Crippen LogP) is 2.57. The molecule has 0 aromatic carbocycles. The number of hydrogen-bond acceptors (Lipinski definition) is 3. The Hall–Kier alpha value is -0.120. The zero-order valence-corrected chi connectivity index (χ0v) is 14.1. The van der Waals surface area contributed by atoms with E-state index in [1.807, 2.05) is 0 Å². The Morgan fingerprint density at radius 3 is 2.38 bits per heavy atom. The molecule has 3 aliphatic rings. The molecule has 0 bridgehead atoms. The molecule has 3 saturated heterocycles. The molecule has 0 radical (unpaired) electrons. The van der Waals surface area contributed by atoms with Crippen molar-refractivity contribution in [3.63, 3.8) is 0 Å². The van der Waals surface area contributed by atoms with E-state index in [-0.39, 0.29) is 0 Å². The van der Waals surface area contributed by atoms with Gasteiger partial charge in [-0.25, -0.2) is 0 Å². The molecule has 21 heavy (non-hydrogen) atoms. The van der Waals surface area contributed by atoms with E-state index >= 15 is 0 Å². The molecule has 122 valence electrons. The van der Waals surface area contributed by atoms with Gasteiger partial charge in [-0.15, -0.1) is 0 Å². The number of piperidine rings is 2. The van der Waals surface area contributed by atoms with E-state index in [0.29, 0.717) is 5.41 Å². The summed E-state index contributed by atoms with van der Waals surface area (Å²) in [5, 5.41) is 3.64. The van der Waals surface area contributed by atoms with Crippen LogP contribution in [0.2, 0.25) is 0 Å². The Labute approximate surface area is 131 Å². The molecule has 1 N–H and O–H groups in total. The Bertz CT molecular complexity index is 298. The van der Waals surface area contributed by atoms with E-state index in [1.54, 1.807) is 0 Å². The van der Waals surface area contributed by atoms with Crippen LogP contribution in [0, 0.1) is 11.3 Å². The normalized spacial score (nSPS) is 33.6. The van der Waals surface area contributed by atoms with Crippen molar-refractivity contribution in [2.75, 3.05) is 52.4 Å². The van der Waals surface area contributed by atoms with Crippen molar-refractivity contribution in [3.8, 4) is 0 Å². The fraction of sp³-hybridized carbons (Fsp3) is 1.00. The second-order valence-electron chi connectivity index (χ2n) is 7.86. The highest BCUT2D eigenvalue weighted by atomic mass is 15.2. The smallest absolute Gasteiger partial charge is 0.00500 e. The lowest BCUT2D eigenvalue weighted by Gasteiger charge is -2.43. The van der Waals surface area contributed by atoms with E-state index in [1.165, 1.54) is 97.3 Å². The van der Waals surface area contributed by atoms with Crippen molar-refractivity contribution < 1.29 is 0 Å². The first kappa shape index (κ1) is 15.8. The van der Waals surface area contributed by atoms with Gasteiger partial charge >= 0.3 is 0 Å². The average Bonchev–Trinajstić information content (AvgIpc) is 3.03. The zero-order valence-electron chi connectivity index (χ0n) is 14.1. The molecule has 3 fully saturated rings. The largest absolute Gasteiger partial charge is 0.316 e. The second kappa shape index (κ2) is 7.43. The monoisotopic (exact) mass is 293 g/mol. The van der Waals surface area contributed by atoms with E-state index in [2.05, 4.69) is 22.0 Å². The van der Waals surface area contributed by atoms with Crippen molar-refractivity contribution in [2.24, 2.45) is 11.3 Å². The molecule has 1 atom stereocenters. The predicted molar refractivity (Wildman–Crippen MR) is 89.7 cm³/mol. The van der Waals surface area contributed by atoms with Gasteiger partial charge in [-0.05, 0) is 89.0 Å². The quantitative estimate of drug-likeness (QED) is 0.840. The highest BCUT2D eigenvalue weighted by molar-refractivity contribution is 4.89. The number of likely N-dealkylation sites (tertiary alicyclic amines) is 2. The van der Waals surface area contributed by atoms with Crippen molar-refractivity contribution in [1.29, 1.82) is 0 Å². The van der Waals surface area contributed by atoms with Gasteiger partial charge in [-0.3, -0.25) is 0 Å². The summed E-state index contributed by atoms with van der Waals surface area (Å²) in [6.45, 7) is 13.0. The molecule has 0 amide bonds. The minimum atomic E-state index is 0.569. The molecule has 3 heterocycles. The lowest BCUT2D eigenvalue weighted by molar-refractivity contribution is 0.0781. The molecule has 3 heteroatoms. The molecule has 0 aromatic heterocycles. The maximum atomic E-state index is 3.64. The van der Waals surface area contributed by atoms with E-state index < -0.39 is 0 Å². The minimum Gasteiger partial charge on any atom is -0.316 e. The third-order valence-electron chi connectivity index (χ3n) is 6.29. The molecule has 3 aliphatic heterocycles. The Morgan fingerprint density at radius 1 is 1.00 bits per heavy atom. The van der Waals surface area contributed by atoms with E-state index in [0.717, 1.165) is 5.92 Å². The molecular weight excluding hydrogens is 258 g/mol. The van der Waals surface area contributed by atoms with Crippen molar-refractivity contribution in [3.05, 3.63) is 0 Å². The minimum absolute atomic E-state index is 0.569. The van der Waals surface area contributed by atoms with E-state index in [4.69, 9.17) is 0 Å². The molecular formula is C18H35N3. The number of nitrogens with zero attached hydrogens (tertiary/aromatic N) is 2. The Morgan fingerprint density at radius 2 is 1.76 bits per heavy atom. The first-order valence-electron chi connectivity index (χ1n) is 9.45. The fourth-order valence-corrected chi connectivity index (χ4v) is 4.71. The summed E-state index contributed by atoms with van der Waals surface area (Å²) in [4.78, 5) is 5.48. The molecule has 1 unspecified atom stereocenters. The van der Waals surface area contributed by atoms with Crippen LogP contribution in [0.5, 0.6) is 0 Å². The molecule has 3 nitrogen and oxygen atoms in total. The van der Waals surface area contributed by atoms with Gasteiger partial charge in [0.05, 0.1) is 0 Å². The summed E-state index contributed by atoms with van der Waals surface area (Å²) in [7, 11) is 0. The lowest BCUT2D eigenvalue weighted by Crippen LogP contribution is -2.49. The van der Waals surface area contributed by atoms with Crippen molar-refractivity contribution in [1.82, 2.24) is 15.1 Å².